The molecular weight excluding hydrogens is 1070 g/mol. The Morgan fingerprint density at radius 2 is 0.602 bits per heavy atom. The zero-order valence-corrected chi connectivity index (χ0v) is 53.1. The van der Waals surface area contributed by atoms with E-state index in [0.29, 0.717) is 0 Å². The molecule has 12 aromatic rings. The second-order valence-electron chi connectivity index (χ2n) is 28.3. The van der Waals surface area contributed by atoms with Crippen molar-refractivity contribution in [2.75, 3.05) is 19.6 Å². The normalized spacial score (nSPS) is 13.2. The van der Waals surface area contributed by atoms with E-state index < -0.39 is 0 Å². The second-order valence-corrected chi connectivity index (χ2v) is 28.3. The average molecular weight is 1140 g/mol. The largest absolute Gasteiger partial charge is 0.311 e. The fourth-order valence-corrected chi connectivity index (χ4v) is 13.7. The lowest BCUT2D eigenvalue weighted by molar-refractivity contribution is 0.590. The molecule has 3 heterocycles. The van der Waals surface area contributed by atoms with Gasteiger partial charge >= 0.3 is 0 Å². The van der Waals surface area contributed by atoms with Crippen LogP contribution < -0.4 is 36.0 Å². The SMILES string of the molecule is CC(C)(C)c1ccc(N2c3ccc(C(C)(C)C)cc3B3c4cc(C(C)(C)C)ccc4N(c4ccc(C(C)(C)C)cc4)c4cc(-n5c6c(N(c7ccccc7)c7ccccc7)cccc6c6cccc(N(c7ccccc7)c7ccccc7)c65)cc2c43)cc1. The van der Waals surface area contributed by atoms with E-state index in [9.17, 15) is 0 Å². The molecule has 5 nitrogen and oxygen atoms in total. The molecule has 0 amide bonds. The number of benzene rings is 11. The van der Waals surface area contributed by atoms with Crippen LogP contribution in [-0.4, -0.2) is 11.3 Å². The minimum Gasteiger partial charge on any atom is -0.311 e. The molecular formula is C82H78BN5. The fourth-order valence-electron chi connectivity index (χ4n) is 13.7. The van der Waals surface area contributed by atoms with Crippen LogP contribution in [0.5, 0.6) is 0 Å². The molecule has 0 fully saturated rings. The third-order valence-corrected chi connectivity index (χ3v) is 18.3. The second kappa shape index (κ2) is 21.1. The lowest BCUT2D eigenvalue weighted by atomic mass is 9.33. The van der Waals surface area contributed by atoms with Crippen molar-refractivity contribution < 1.29 is 0 Å². The number of nitrogens with zero attached hydrogens (tertiary/aromatic N) is 5. The number of para-hydroxylation sites is 6. The summed E-state index contributed by atoms with van der Waals surface area (Å²) in [6, 6.07) is 96.0. The summed E-state index contributed by atoms with van der Waals surface area (Å²) in [7, 11) is 0. The smallest absolute Gasteiger partial charge is 0.252 e. The van der Waals surface area contributed by atoms with Crippen LogP contribution in [0.2, 0.25) is 0 Å². The third kappa shape index (κ3) is 9.65. The minimum absolute atomic E-state index is 0.0334. The van der Waals surface area contributed by atoms with Crippen molar-refractivity contribution in [1.29, 1.82) is 0 Å². The van der Waals surface area contributed by atoms with Gasteiger partial charge in [0.05, 0.1) is 28.1 Å². The Kier molecular flexibility index (Phi) is 13.5. The molecule has 0 unspecified atom stereocenters. The third-order valence-electron chi connectivity index (χ3n) is 18.3. The lowest BCUT2D eigenvalue weighted by Crippen LogP contribution is -2.61. The number of hydrogen-bond donors (Lipinski definition) is 0. The molecule has 1 aromatic heterocycles. The summed E-state index contributed by atoms with van der Waals surface area (Å²) in [6.07, 6.45) is 0. The van der Waals surface area contributed by atoms with Gasteiger partial charge in [-0.15, -0.1) is 0 Å². The Balaban J connectivity index is 1.18. The van der Waals surface area contributed by atoms with Gasteiger partial charge in [0.15, 0.2) is 0 Å². The van der Waals surface area contributed by atoms with Crippen LogP contribution in [0, 0.1) is 0 Å². The molecule has 2 aliphatic heterocycles. The fraction of sp³-hybridized carbons (Fsp3) is 0.195. The monoisotopic (exact) mass is 1140 g/mol. The summed E-state index contributed by atoms with van der Waals surface area (Å²) in [6.45, 7) is 27.9. The van der Waals surface area contributed by atoms with E-state index in [0.717, 1.165) is 84.4 Å². The molecule has 0 N–H and O–H groups in total. The van der Waals surface area contributed by atoms with Crippen LogP contribution in [0.4, 0.5) is 68.2 Å². The van der Waals surface area contributed by atoms with E-state index in [2.05, 4.69) is 362 Å². The standard InChI is InChI=1S/C82H78BN5/c1-79(2,3)55-39-45-63(46-40-55)86-70-49-43-57(81(7,8)9)51-68(70)83-69-52-58(82(10,11)12)44-50-71(69)87(64-47-41-56(42-48-64)80(4,5)6)75-54-65(53-74(86)76(75)83)88-77-66(35-25-37-72(77)84(59-27-17-13-18-28-59)60-29-19-14-20-30-60)67-36-26-38-73(78(67)88)85(61-31-21-15-22-32-61)62-33-23-16-24-34-62/h13-54H,1-12H3. The summed E-state index contributed by atoms with van der Waals surface area (Å²) >= 11 is 0. The summed E-state index contributed by atoms with van der Waals surface area (Å²) < 4.78 is 2.62. The number of hydrogen-bond acceptors (Lipinski definition) is 4. The molecule has 434 valence electrons. The van der Waals surface area contributed by atoms with Gasteiger partial charge in [-0.2, -0.15) is 0 Å². The van der Waals surface area contributed by atoms with Crippen molar-refractivity contribution in [1.82, 2.24) is 4.57 Å². The van der Waals surface area contributed by atoms with Crippen molar-refractivity contribution in [2.45, 2.75) is 105 Å². The van der Waals surface area contributed by atoms with Crippen LogP contribution in [0.15, 0.2) is 255 Å². The number of fused-ring (bicyclic) bond motifs is 7. The molecule has 0 saturated heterocycles. The van der Waals surface area contributed by atoms with Gasteiger partial charge in [-0.3, -0.25) is 0 Å². The van der Waals surface area contributed by atoms with Crippen LogP contribution in [-0.2, 0) is 21.7 Å². The van der Waals surface area contributed by atoms with Crippen molar-refractivity contribution >= 4 is 113 Å². The first kappa shape index (κ1) is 56.3. The van der Waals surface area contributed by atoms with Crippen LogP contribution >= 0.6 is 0 Å². The summed E-state index contributed by atoms with van der Waals surface area (Å²) in [5.41, 5.74) is 25.5. The van der Waals surface area contributed by atoms with Gasteiger partial charge in [0.1, 0.15) is 0 Å². The van der Waals surface area contributed by atoms with Crippen LogP contribution in [0.3, 0.4) is 0 Å². The highest BCUT2D eigenvalue weighted by Gasteiger charge is 2.45. The first-order valence-electron chi connectivity index (χ1n) is 31.4. The zero-order chi connectivity index (χ0) is 61.0. The molecule has 0 aliphatic carbocycles. The molecule has 6 heteroatoms. The Morgan fingerprint density at radius 3 is 0.920 bits per heavy atom. The quantitative estimate of drug-likeness (QED) is 0.134. The molecule has 14 rings (SSSR count). The molecule has 0 bridgehead atoms. The van der Waals surface area contributed by atoms with E-state index in [-0.39, 0.29) is 28.4 Å². The Bertz CT molecular complexity index is 4210. The van der Waals surface area contributed by atoms with Crippen LogP contribution in [0.25, 0.3) is 27.5 Å². The van der Waals surface area contributed by atoms with E-state index >= 15 is 0 Å². The predicted molar refractivity (Wildman–Crippen MR) is 379 cm³/mol. The maximum Gasteiger partial charge on any atom is 0.252 e. The molecule has 0 saturated carbocycles. The maximum atomic E-state index is 2.62. The van der Waals surface area contributed by atoms with Gasteiger partial charge in [0, 0.05) is 67.6 Å². The summed E-state index contributed by atoms with van der Waals surface area (Å²) in [5.74, 6) is 0. The maximum absolute atomic E-state index is 2.62. The van der Waals surface area contributed by atoms with Crippen LogP contribution in [0.1, 0.15) is 105 Å². The van der Waals surface area contributed by atoms with Gasteiger partial charge in [0.2, 0.25) is 0 Å². The van der Waals surface area contributed by atoms with Crippen molar-refractivity contribution in [3.63, 3.8) is 0 Å². The molecule has 0 spiro atoms. The minimum atomic E-state index is -0.105. The van der Waals surface area contributed by atoms with E-state index in [1.54, 1.807) is 0 Å². The lowest BCUT2D eigenvalue weighted by Gasteiger charge is -2.45. The molecule has 0 radical (unpaired) electrons. The molecule has 11 aromatic carbocycles. The highest BCUT2D eigenvalue weighted by Crippen LogP contribution is 2.52. The molecule has 88 heavy (non-hydrogen) atoms. The first-order valence-corrected chi connectivity index (χ1v) is 31.4. The Morgan fingerprint density at radius 1 is 0.284 bits per heavy atom. The summed E-state index contributed by atoms with van der Waals surface area (Å²) in [5, 5.41) is 2.31. The van der Waals surface area contributed by atoms with Gasteiger partial charge in [-0.25, -0.2) is 0 Å². The highest BCUT2D eigenvalue weighted by molar-refractivity contribution is 7.00. The van der Waals surface area contributed by atoms with E-state index in [1.807, 2.05) is 0 Å². The van der Waals surface area contributed by atoms with E-state index in [1.165, 1.54) is 50.0 Å². The van der Waals surface area contributed by atoms with Gasteiger partial charge < -0.3 is 24.2 Å². The van der Waals surface area contributed by atoms with Crippen molar-refractivity contribution in [3.8, 4) is 5.69 Å². The first-order chi connectivity index (χ1) is 42.2. The number of aromatic nitrogens is 1. The topological polar surface area (TPSA) is 17.9 Å². The van der Waals surface area contributed by atoms with E-state index in [4.69, 9.17) is 0 Å². The van der Waals surface area contributed by atoms with Gasteiger partial charge in [0.25, 0.3) is 6.71 Å². The average Bonchev–Trinajstić information content (AvgIpc) is 0.986. The Hall–Kier alpha value is -9.52. The van der Waals surface area contributed by atoms with Crippen molar-refractivity contribution in [2.24, 2.45) is 0 Å². The van der Waals surface area contributed by atoms with Crippen molar-refractivity contribution in [3.05, 3.63) is 277 Å². The Labute approximate surface area is 521 Å². The molecule has 0 atom stereocenters. The van der Waals surface area contributed by atoms with Gasteiger partial charge in [-0.05, 0) is 169 Å². The number of rotatable bonds is 9. The van der Waals surface area contributed by atoms with Gasteiger partial charge in [-0.1, -0.05) is 229 Å². The zero-order valence-electron chi connectivity index (χ0n) is 53.1. The highest BCUT2D eigenvalue weighted by atomic mass is 15.2. The molecule has 2 aliphatic rings. The summed E-state index contributed by atoms with van der Waals surface area (Å²) in [4.78, 5) is 10.1. The number of anilines is 12. The predicted octanol–water partition coefficient (Wildman–Crippen LogP) is 21.0.